The Morgan fingerprint density at radius 1 is 0.788 bits per heavy atom. The SMILES string of the molecule is C[S+](c1ccccc1)c1cccc2cccc(Sc3ccccc3)c12.O=S(=O)([O-])C(F)(F)F. The molecule has 0 heterocycles. The van der Waals surface area contributed by atoms with Gasteiger partial charge in [0.05, 0.1) is 16.3 Å². The summed E-state index contributed by atoms with van der Waals surface area (Å²) in [7, 11) is -6.04. The predicted octanol–water partition coefficient (Wildman–Crippen LogP) is 6.71. The minimum Gasteiger partial charge on any atom is -0.741 e. The summed E-state index contributed by atoms with van der Waals surface area (Å²) in [5, 5.41) is 2.70. The van der Waals surface area contributed by atoms with E-state index >= 15 is 0 Å². The van der Waals surface area contributed by atoms with Gasteiger partial charge in [-0.1, -0.05) is 72.4 Å². The lowest BCUT2D eigenvalue weighted by molar-refractivity contribution is -0.0517. The lowest BCUT2D eigenvalue weighted by Crippen LogP contribution is -2.21. The molecule has 4 aromatic rings. The second-order valence-corrected chi connectivity index (χ2v) is 11.2. The third kappa shape index (κ3) is 6.54. The van der Waals surface area contributed by atoms with Gasteiger partial charge in [0.25, 0.3) is 0 Å². The van der Waals surface area contributed by atoms with Gasteiger partial charge in [0.2, 0.25) is 0 Å². The second kappa shape index (κ2) is 10.6. The van der Waals surface area contributed by atoms with Crippen LogP contribution in [0.3, 0.4) is 0 Å². The van der Waals surface area contributed by atoms with Crippen LogP contribution in [-0.4, -0.2) is 24.7 Å². The van der Waals surface area contributed by atoms with E-state index in [1.54, 1.807) is 0 Å². The zero-order valence-corrected chi connectivity index (χ0v) is 19.8. The van der Waals surface area contributed by atoms with Crippen molar-refractivity contribution in [2.45, 2.75) is 25.1 Å². The van der Waals surface area contributed by atoms with Crippen LogP contribution >= 0.6 is 11.8 Å². The van der Waals surface area contributed by atoms with E-state index < -0.39 is 15.6 Å². The molecule has 0 bridgehead atoms. The zero-order valence-electron chi connectivity index (χ0n) is 17.3. The van der Waals surface area contributed by atoms with Crippen LogP contribution in [-0.2, 0) is 21.0 Å². The number of benzene rings is 4. The van der Waals surface area contributed by atoms with Crippen LogP contribution in [0.15, 0.2) is 117 Å². The Labute approximate surface area is 197 Å². The fourth-order valence-corrected chi connectivity index (χ4v) is 5.70. The molecule has 0 spiro atoms. The maximum Gasteiger partial charge on any atom is 0.485 e. The Bertz CT molecular complexity index is 1310. The molecule has 0 aliphatic heterocycles. The highest BCUT2D eigenvalue weighted by atomic mass is 32.2. The van der Waals surface area contributed by atoms with Gasteiger partial charge >= 0.3 is 5.51 Å². The van der Waals surface area contributed by atoms with E-state index in [0.29, 0.717) is 0 Å². The third-order valence-electron chi connectivity index (χ3n) is 4.51. The quantitative estimate of drug-likeness (QED) is 0.175. The fourth-order valence-electron chi connectivity index (χ4n) is 2.98. The van der Waals surface area contributed by atoms with Crippen LogP contribution < -0.4 is 0 Å². The molecule has 1 unspecified atom stereocenters. The van der Waals surface area contributed by atoms with Crippen LogP contribution in [0.5, 0.6) is 0 Å². The summed E-state index contributed by atoms with van der Waals surface area (Å²) in [6.45, 7) is 0. The molecule has 0 aliphatic rings. The Morgan fingerprint density at radius 3 is 1.85 bits per heavy atom. The van der Waals surface area contributed by atoms with Gasteiger partial charge in [-0.25, -0.2) is 8.42 Å². The van der Waals surface area contributed by atoms with Crippen LogP contribution in [0, 0.1) is 0 Å². The van der Waals surface area contributed by atoms with Crippen LogP contribution in [0.4, 0.5) is 13.2 Å². The molecule has 9 heteroatoms. The Kier molecular flexibility index (Phi) is 8.12. The van der Waals surface area contributed by atoms with Crippen LogP contribution in [0.25, 0.3) is 10.8 Å². The van der Waals surface area contributed by atoms with Crippen molar-refractivity contribution in [1.82, 2.24) is 0 Å². The summed E-state index contributed by atoms with van der Waals surface area (Å²) < 4.78 is 58.9. The molecule has 33 heavy (non-hydrogen) atoms. The molecular formula is C24H19F3O3S3. The van der Waals surface area contributed by atoms with E-state index in [1.807, 2.05) is 11.8 Å². The van der Waals surface area contributed by atoms with Gasteiger partial charge in [-0.3, -0.25) is 0 Å². The molecule has 0 saturated heterocycles. The molecular weight excluding hydrogens is 489 g/mol. The first kappa shape index (κ1) is 25.2. The van der Waals surface area contributed by atoms with Crippen molar-refractivity contribution in [3.63, 3.8) is 0 Å². The van der Waals surface area contributed by atoms with E-state index in [2.05, 4.69) is 103 Å². The van der Waals surface area contributed by atoms with Crippen molar-refractivity contribution >= 4 is 43.5 Å². The first-order valence-corrected chi connectivity index (χ1v) is 13.4. The minimum absolute atomic E-state index is 0.0470. The molecule has 0 fully saturated rings. The van der Waals surface area contributed by atoms with Gasteiger partial charge in [-0.15, -0.1) is 0 Å². The van der Waals surface area contributed by atoms with Crippen molar-refractivity contribution in [1.29, 1.82) is 0 Å². The Morgan fingerprint density at radius 2 is 1.30 bits per heavy atom. The van der Waals surface area contributed by atoms with Gasteiger partial charge in [-0.2, -0.15) is 13.2 Å². The second-order valence-electron chi connectivity index (χ2n) is 6.75. The molecule has 0 radical (unpaired) electrons. The molecule has 172 valence electrons. The maximum atomic E-state index is 10.7. The maximum absolute atomic E-state index is 10.7. The molecule has 0 aromatic heterocycles. The smallest absolute Gasteiger partial charge is 0.485 e. The first-order chi connectivity index (χ1) is 15.6. The summed E-state index contributed by atoms with van der Waals surface area (Å²) >= 11 is 1.85. The third-order valence-corrected chi connectivity index (χ3v) is 8.12. The molecule has 4 rings (SSSR count). The molecule has 3 nitrogen and oxygen atoms in total. The van der Waals surface area contributed by atoms with Crippen molar-refractivity contribution in [3.8, 4) is 0 Å². The summed E-state index contributed by atoms with van der Waals surface area (Å²) in [4.78, 5) is 5.41. The van der Waals surface area contributed by atoms with Gasteiger partial charge in [0, 0.05) is 9.79 Å². The van der Waals surface area contributed by atoms with Gasteiger partial charge in [0.15, 0.2) is 19.9 Å². The fraction of sp³-hybridized carbons (Fsp3) is 0.0833. The molecule has 1 atom stereocenters. The van der Waals surface area contributed by atoms with Gasteiger partial charge in [0.1, 0.15) is 6.26 Å². The zero-order chi connectivity index (χ0) is 24.1. The molecule has 0 saturated carbocycles. The lowest BCUT2D eigenvalue weighted by Gasteiger charge is -2.11. The summed E-state index contributed by atoms with van der Waals surface area (Å²) in [6.07, 6.45) is 2.33. The summed E-state index contributed by atoms with van der Waals surface area (Å²) in [5.41, 5.74) is -5.65. The highest BCUT2D eigenvalue weighted by molar-refractivity contribution is 7.99. The van der Waals surface area contributed by atoms with Crippen molar-refractivity contribution in [2.75, 3.05) is 6.26 Å². The number of rotatable bonds is 4. The van der Waals surface area contributed by atoms with E-state index in [0.717, 1.165) is 0 Å². The van der Waals surface area contributed by atoms with Gasteiger partial charge < -0.3 is 4.55 Å². The predicted molar refractivity (Wildman–Crippen MR) is 127 cm³/mol. The lowest BCUT2D eigenvalue weighted by atomic mass is 10.1. The number of hydrogen-bond donors (Lipinski definition) is 0. The molecule has 0 N–H and O–H groups in total. The van der Waals surface area contributed by atoms with Crippen molar-refractivity contribution in [3.05, 3.63) is 97.1 Å². The number of halogens is 3. The monoisotopic (exact) mass is 508 g/mol. The van der Waals surface area contributed by atoms with E-state index in [-0.39, 0.29) is 10.9 Å². The van der Waals surface area contributed by atoms with Crippen LogP contribution in [0.2, 0.25) is 0 Å². The van der Waals surface area contributed by atoms with Crippen molar-refractivity contribution in [2.24, 2.45) is 0 Å². The first-order valence-electron chi connectivity index (χ1n) is 9.56. The van der Waals surface area contributed by atoms with Crippen LogP contribution in [0.1, 0.15) is 0 Å². The molecule has 0 amide bonds. The van der Waals surface area contributed by atoms with Crippen molar-refractivity contribution < 1.29 is 26.1 Å². The minimum atomic E-state index is -6.09. The van der Waals surface area contributed by atoms with E-state index in [9.17, 15) is 13.2 Å². The number of hydrogen-bond acceptors (Lipinski definition) is 4. The normalized spacial score (nSPS) is 12.6. The standard InChI is InChI=1S/C23H19S2.CHF3O3S/c1-25(20-14-6-3-7-15-20)22-17-9-11-18-10-8-16-21(23(18)22)24-19-12-4-2-5-13-19;2-1(3,4)8(5,6)7/h2-17H,1H3;(H,5,6,7)/q+1;/p-1. The molecule has 0 aliphatic carbocycles. The van der Waals surface area contributed by atoms with E-state index in [1.165, 1.54) is 30.4 Å². The number of alkyl halides is 3. The Hall–Kier alpha value is -2.46. The summed E-state index contributed by atoms with van der Waals surface area (Å²) in [6, 6.07) is 34.7. The average Bonchev–Trinajstić information content (AvgIpc) is 2.79. The molecule has 4 aromatic carbocycles. The highest BCUT2D eigenvalue weighted by Gasteiger charge is 2.36. The largest absolute Gasteiger partial charge is 0.741 e. The average molecular weight is 509 g/mol. The topological polar surface area (TPSA) is 57.2 Å². The highest BCUT2D eigenvalue weighted by Crippen LogP contribution is 2.38. The summed E-state index contributed by atoms with van der Waals surface area (Å²) in [5.74, 6) is 0. The Balaban J connectivity index is 0.000000331. The van der Waals surface area contributed by atoms with Gasteiger partial charge in [-0.05, 0) is 41.8 Å². The van der Waals surface area contributed by atoms with E-state index in [4.69, 9.17) is 13.0 Å². The number of fused-ring (bicyclic) bond motifs is 1.